The molecule has 2 rings (SSSR count). The number of ether oxygens (including phenoxy) is 1. The molecule has 0 radical (unpaired) electrons. The van der Waals surface area contributed by atoms with Crippen LogP contribution in [0.15, 0.2) is 21.9 Å². The van der Waals surface area contributed by atoms with Gasteiger partial charge in [0.1, 0.15) is 18.3 Å². The molecule has 0 bridgehead atoms. The van der Waals surface area contributed by atoms with E-state index in [4.69, 9.17) is 9.63 Å². The maximum Gasteiger partial charge on any atom is 0.415 e. The van der Waals surface area contributed by atoms with Gasteiger partial charge in [0.2, 0.25) is 0 Å². The third kappa shape index (κ3) is 3.58. The number of rotatable bonds is 5. The van der Waals surface area contributed by atoms with Crippen LogP contribution in [-0.4, -0.2) is 55.2 Å². The second-order valence-electron chi connectivity index (χ2n) is 4.72. The van der Waals surface area contributed by atoms with Crippen molar-refractivity contribution in [1.82, 2.24) is 9.55 Å². The molecule has 1 saturated heterocycles. The molecule has 6 N–H and O–H groups in total. The van der Waals surface area contributed by atoms with Crippen molar-refractivity contribution in [3.05, 3.63) is 33.1 Å². The summed E-state index contributed by atoms with van der Waals surface area (Å²) >= 11 is 0. The van der Waals surface area contributed by atoms with E-state index in [-0.39, 0.29) is 0 Å². The van der Waals surface area contributed by atoms with Crippen LogP contribution in [0, 0.1) is 0 Å². The monoisotopic (exact) mass is 351 g/mol. The number of amides is 1. The number of aliphatic hydroxyl groups is 2. The highest BCUT2D eigenvalue weighted by Crippen LogP contribution is 2.42. The van der Waals surface area contributed by atoms with E-state index in [1.807, 2.05) is 4.98 Å². The fourth-order valence-corrected chi connectivity index (χ4v) is 2.44. The quantitative estimate of drug-likeness (QED) is 0.354. The van der Waals surface area contributed by atoms with Gasteiger partial charge in [-0.25, -0.2) is 9.36 Å². The highest BCUT2D eigenvalue weighted by atomic mass is 31.2. The molecule has 1 aliphatic rings. The largest absolute Gasteiger partial charge is 0.415 e. The smallest absolute Gasteiger partial charge is 0.387 e. The third-order valence-electron chi connectivity index (χ3n) is 3.15. The van der Waals surface area contributed by atoms with Crippen molar-refractivity contribution in [2.75, 3.05) is 6.61 Å². The van der Waals surface area contributed by atoms with Crippen molar-refractivity contribution in [2.45, 2.75) is 24.5 Å². The maximum atomic E-state index is 11.7. The van der Waals surface area contributed by atoms with E-state index >= 15 is 0 Å². The van der Waals surface area contributed by atoms with Gasteiger partial charge in [-0.3, -0.25) is 23.7 Å². The SMILES string of the molecule is NC(=O)P(=O)(O)OC[C@H]1O[C@@H](n2ccc(=O)[nH]c2=O)[C@H](O)[C@@H]1O. The number of carbonyl (C=O) groups excluding carboxylic acids is 1. The Bertz CT molecular complexity index is 758. The van der Waals surface area contributed by atoms with E-state index in [1.54, 1.807) is 0 Å². The number of carbonyl (C=O) groups is 1. The first-order valence-electron chi connectivity index (χ1n) is 6.24. The molecule has 13 heteroatoms. The summed E-state index contributed by atoms with van der Waals surface area (Å²) in [5.41, 5.74) is 1.52. The summed E-state index contributed by atoms with van der Waals surface area (Å²) in [6, 6.07) is 1.00. The average Bonchev–Trinajstić information content (AvgIpc) is 2.73. The first-order chi connectivity index (χ1) is 10.6. The van der Waals surface area contributed by atoms with Crippen molar-refractivity contribution < 1.29 is 33.7 Å². The Balaban J connectivity index is 2.15. The fraction of sp³-hybridized carbons (Fsp3) is 0.500. The molecule has 0 spiro atoms. The van der Waals surface area contributed by atoms with Gasteiger partial charge < -0.3 is 25.6 Å². The number of primary amides is 1. The Morgan fingerprint density at radius 2 is 2.09 bits per heavy atom. The predicted octanol–water partition coefficient (Wildman–Crippen LogP) is -2.56. The van der Waals surface area contributed by atoms with Gasteiger partial charge in [-0.05, 0) is 0 Å². The van der Waals surface area contributed by atoms with E-state index in [0.717, 1.165) is 16.8 Å². The van der Waals surface area contributed by atoms with Crippen molar-refractivity contribution >= 4 is 13.2 Å². The zero-order valence-corrected chi connectivity index (χ0v) is 12.3. The molecule has 1 aliphatic heterocycles. The minimum atomic E-state index is -4.72. The summed E-state index contributed by atoms with van der Waals surface area (Å²) in [4.78, 5) is 44.4. The summed E-state index contributed by atoms with van der Waals surface area (Å²) in [5.74, 6) is 0. The van der Waals surface area contributed by atoms with E-state index in [1.165, 1.54) is 0 Å². The summed E-state index contributed by atoms with van der Waals surface area (Å²) in [5, 5.41) is 19.7. The maximum absolute atomic E-state index is 11.7. The Morgan fingerprint density at radius 1 is 1.43 bits per heavy atom. The molecule has 0 saturated carbocycles. The van der Waals surface area contributed by atoms with Crippen LogP contribution in [0.4, 0.5) is 4.79 Å². The number of hydrogen-bond donors (Lipinski definition) is 5. The fourth-order valence-electron chi connectivity index (χ4n) is 1.96. The molecule has 128 valence electrons. The van der Waals surface area contributed by atoms with Gasteiger partial charge in [-0.1, -0.05) is 0 Å². The Labute approximate surface area is 127 Å². The molecule has 23 heavy (non-hydrogen) atoms. The zero-order valence-electron chi connectivity index (χ0n) is 11.4. The van der Waals surface area contributed by atoms with Crippen molar-refractivity contribution in [2.24, 2.45) is 5.73 Å². The summed E-state index contributed by atoms with van der Waals surface area (Å²) in [6.07, 6.45) is -4.79. The van der Waals surface area contributed by atoms with Gasteiger partial charge in [-0.2, -0.15) is 0 Å². The van der Waals surface area contributed by atoms with Crippen LogP contribution in [0.2, 0.25) is 0 Å². The summed E-state index contributed by atoms with van der Waals surface area (Å²) < 4.78 is 21.7. The number of nitrogens with one attached hydrogen (secondary N) is 1. The number of nitrogens with zero attached hydrogens (tertiary/aromatic N) is 1. The number of aliphatic hydroxyl groups excluding tert-OH is 2. The molecule has 1 fully saturated rings. The average molecular weight is 351 g/mol. The minimum Gasteiger partial charge on any atom is -0.387 e. The van der Waals surface area contributed by atoms with Crippen LogP contribution in [0.5, 0.6) is 0 Å². The minimum absolute atomic E-state index is 0.665. The Hall–Kier alpha value is -1.82. The molecule has 5 atom stereocenters. The summed E-state index contributed by atoms with van der Waals surface area (Å²) in [7, 11) is -4.72. The number of nitrogens with two attached hydrogens (primary N) is 1. The molecule has 0 aliphatic carbocycles. The van der Waals surface area contributed by atoms with Gasteiger partial charge >= 0.3 is 18.9 Å². The van der Waals surface area contributed by atoms with Crippen LogP contribution >= 0.6 is 7.60 Å². The third-order valence-corrected chi connectivity index (χ3v) is 4.21. The van der Waals surface area contributed by atoms with Crippen molar-refractivity contribution in [3.63, 3.8) is 0 Å². The first kappa shape index (κ1) is 17.5. The lowest BCUT2D eigenvalue weighted by molar-refractivity contribution is -0.0522. The number of aromatic amines is 1. The summed E-state index contributed by atoms with van der Waals surface area (Å²) in [6.45, 7) is -0.733. The first-order valence-corrected chi connectivity index (χ1v) is 7.81. The highest BCUT2D eigenvalue weighted by molar-refractivity contribution is 7.70. The van der Waals surface area contributed by atoms with Crippen LogP contribution in [0.3, 0.4) is 0 Å². The second-order valence-corrected chi connectivity index (χ2v) is 6.46. The second kappa shape index (κ2) is 6.35. The molecule has 12 nitrogen and oxygen atoms in total. The lowest BCUT2D eigenvalue weighted by atomic mass is 10.1. The van der Waals surface area contributed by atoms with Crippen LogP contribution in [0.25, 0.3) is 0 Å². The lowest BCUT2D eigenvalue weighted by Crippen LogP contribution is -2.37. The van der Waals surface area contributed by atoms with Gasteiger partial charge in [0, 0.05) is 12.3 Å². The van der Waals surface area contributed by atoms with Gasteiger partial charge in [0.05, 0.1) is 6.61 Å². The van der Waals surface area contributed by atoms with E-state index in [0.29, 0.717) is 0 Å². The van der Waals surface area contributed by atoms with E-state index in [9.17, 15) is 29.2 Å². The van der Waals surface area contributed by atoms with Crippen LogP contribution in [0.1, 0.15) is 6.23 Å². The van der Waals surface area contributed by atoms with E-state index in [2.05, 4.69) is 10.3 Å². The molecule has 2 heterocycles. The molecule has 0 aromatic carbocycles. The Kier molecular flexibility index (Phi) is 4.84. The molecule has 1 unspecified atom stereocenters. The van der Waals surface area contributed by atoms with E-state index < -0.39 is 55.6 Å². The molecular formula is C10H14N3O9P. The van der Waals surface area contributed by atoms with Gasteiger partial charge in [0.25, 0.3) is 5.56 Å². The lowest BCUT2D eigenvalue weighted by Gasteiger charge is -2.17. The topological polar surface area (TPSA) is 194 Å². The number of hydrogen-bond acceptors (Lipinski definition) is 8. The van der Waals surface area contributed by atoms with Gasteiger partial charge in [0.15, 0.2) is 6.23 Å². The molecule has 1 aromatic rings. The number of aromatic nitrogens is 2. The normalized spacial score (nSPS) is 30.0. The van der Waals surface area contributed by atoms with Crippen LogP contribution in [-0.2, 0) is 13.8 Å². The molecule has 1 amide bonds. The number of H-pyrrole nitrogens is 1. The van der Waals surface area contributed by atoms with Crippen molar-refractivity contribution in [3.8, 4) is 0 Å². The standard InChI is InChI=1S/C10H14N3O9P/c11-9(17)23(19,20)21-3-4-6(15)7(16)8(22-4)13-2-1-5(14)12-10(13)18/h1-2,4,6-8,15-16H,3H2,(H2,11,17)(H,19,20)(H,12,14,18)/t4-,6-,7-,8-/m1/s1. The highest BCUT2D eigenvalue weighted by Gasteiger charge is 2.45. The molecule has 1 aromatic heterocycles. The van der Waals surface area contributed by atoms with Gasteiger partial charge in [-0.15, -0.1) is 0 Å². The zero-order chi connectivity index (χ0) is 17.4. The molecular weight excluding hydrogens is 337 g/mol. The Morgan fingerprint density at radius 3 is 2.65 bits per heavy atom. The van der Waals surface area contributed by atoms with Crippen molar-refractivity contribution in [1.29, 1.82) is 0 Å². The predicted molar refractivity (Wildman–Crippen MR) is 72.6 cm³/mol. The van der Waals surface area contributed by atoms with Crippen LogP contribution < -0.4 is 17.0 Å².